The number of hydrogen-bond donors (Lipinski definition) is 1. The van der Waals surface area contributed by atoms with Gasteiger partial charge in [0.25, 0.3) is 0 Å². The van der Waals surface area contributed by atoms with Crippen LogP contribution in [-0.2, 0) is 4.74 Å². The summed E-state index contributed by atoms with van der Waals surface area (Å²) in [7, 11) is 1.73. The summed E-state index contributed by atoms with van der Waals surface area (Å²) in [4.78, 5) is 9.47. The minimum Gasteiger partial charge on any atom is -0.384 e. The largest absolute Gasteiger partial charge is 0.384 e. The fourth-order valence-corrected chi connectivity index (χ4v) is 2.80. The van der Waals surface area contributed by atoms with E-state index in [4.69, 9.17) is 9.72 Å². The number of ether oxygens (including phenoxy) is 1. The predicted molar refractivity (Wildman–Crippen MR) is 82.3 cm³/mol. The van der Waals surface area contributed by atoms with Crippen molar-refractivity contribution in [3.8, 4) is 0 Å². The predicted octanol–water partition coefficient (Wildman–Crippen LogP) is 3.71. The Morgan fingerprint density at radius 2 is 2.10 bits per heavy atom. The van der Waals surface area contributed by atoms with E-state index in [0.29, 0.717) is 12.5 Å². The van der Waals surface area contributed by atoms with Crippen LogP contribution < -0.4 is 5.32 Å². The van der Waals surface area contributed by atoms with Crippen LogP contribution in [0.1, 0.15) is 69.3 Å². The summed E-state index contributed by atoms with van der Waals surface area (Å²) in [6, 6.07) is 2.15. The van der Waals surface area contributed by atoms with Crippen LogP contribution in [0.3, 0.4) is 0 Å². The van der Waals surface area contributed by atoms with E-state index in [1.165, 1.54) is 31.4 Å². The summed E-state index contributed by atoms with van der Waals surface area (Å²) in [5, 5.41) is 3.40. The molecule has 1 aliphatic carbocycles. The minimum atomic E-state index is 0.239. The summed E-state index contributed by atoms with van der Waals surface area (Å²) < 4.78 is 5.24. The molecule has 1 unspecified atom stereocenters. The number of aromatic nitrogens is 2. The Kier molecular flexibility index (Phi) is 5.77. The van der Waals surface area contributed by atoms with Crippen molar-refractivity contribution < 1.29 is 4.74 Å². The number of nitrogens with one attached hydrogen (secondary N) is 1. The smallest absolute Gasteiger partial charge is 0.136 e. The van der Waals surface area contributed by atoms with Gasteiger partial charge in [0.15, 0.2) is 0 Å². The van der Waals surface area contributed by atoms with Crippen LogP contribution in [0.2, 0.25) is 0 Å². The van der Waals surface area contributed by atoms with E-state index in [1.807, 2.05) is 0 Å². The topological polar surface area (TPSA) is 47.0 Å². The molecule has 1 atom stereocenters. The van der Waals surface area contributed by atoms with Crippen molar-refractivity contribution in [1.82, 2.24) is 9.97 Å². The molecule has 1 aromatic rings. The molecular weight excluding hydrogens is 250 g/mol. The molecule has 1 aliphatic rings. The summed E-state index contributed by atoms with van der Waals surface area (Å²) in [5.41, 5.74) is 1.22. The van der Waals surface area contributed by atoms with Gasteiger partial charge in [0.1, 0.15) is 11.6 Å². The summed E-state index contributed by atoms with van der Waals surface area (Å²) in [6.45, 7) is 5.92. The minimum absolute atomic E-state index is 0.239. The molecule has 0 radical (unpaired) electrons. The lowest BCUT2D eigenvalue weighted by Gasteiger charge is -2.16. The SMILES string of the molecule is CCCNc1cc(C2CCCC2)nc(C(C)COC)n1. The molecule has 0 bridgehead atoms. The van der Waals surface area contributed by atoms with E-state index in [2.05, 4.69) is 30.2 Å². The Morgan fingerprint density at radius 3 is 2.75 bits per heavy atom. The lowest BCUT2D eigenvalue weighted by molar-refractivity contribution is 0.181. The fraction of sp³-hybridized carbons (Fsp3) is 0.750. The maximum absolute atomic E-state index is 5.24. The van der Waals surface area contributed by atoms with Crippen molar-refractivity contribution in [2.24, 2.45) is 0 Å². The van der Waals surface area contributed by atoms with Gasteiger partial charge < -0.3 is 10.1 Å². The molecule has 0 aromatic carbocycles. The normalized spacial score (nSPS) is 17.4. The monoisotopic (exact) mass is 277 g/mol. The third-order valence-corrected chi connectivity index (χ3v) is 3.95. The summed E-state index contributed by atoms with van der Waals surface area (Å²) in [6.07, 6.45) is 6.29. The van der Waals surface area contributed by atoms with Gasteiger partial charge in [-0.2, -0.15) is 0 Å². The van der Waals surface area contributed by atoms with E-state index < -0.39 is 0 Å². The lowest BCUT2D eigenvalue weighted by Crippen LogP contribution is -2.13. The number of nitrogens with zero attached hydrogens (tertiary/aromatic N) is 2. The van der Waals surface area contributed by atoms with Crippen molar-refractivity contribution in [2.45, 2.75) is 57.8 Å². The maximum atomic E-state index is 5.24. The number of rotatable bonds is 7. The van der Waals surface area contributed by atoms with E-state index in [0.717, 1.165) is 24.6 Å². The van der Waals surface area contributed by atoms with Crippen LogP contribution in [0.25, 0.3) is 0 Å². The van der Waals surface area contributed by atoms with Gasteiger partial charge in [0.2, 0.25) is 0 Å². The van der Waals surface area contributed by atoms with Gasteiger partial charge in [0.05, 0.1) is 6.61 Å². The summed E-state index contributed by atoms with van der Waals surface area (Å²) in [5.74, 6) is 2.74. The van der Waals surface area contributed by atoms with Crippen molar-refractivity contribution in [3.05, 3.63) is 17.6 Å². The number of anilines is 1. The van der Waals surface area contributed by atoms with Gasteiger partial charge in [-0.15, -0.1) is 0 Å². The van der Waals surface area contributed by atoms with E-state index >= 15 is 0 Å². The van der Waals surface area contributed by atoms with Crippen molar-refractivity contribution in [1.29, 1.82) is 0 Å². The molecule has 1 N–H and O–H groups in total. The first kappa shape index (κ1) is 15.2. The van der Waals surface area contributed by atoms with Crippen LogP contribution in [-0.4, -0.2) is 30.2 Å². The van der Waals surface area contributed by atoms with Crippen LogP contribution in [0, 0.1) is 0 Å². The van der Waals surface area contributed by atoms with Gasteiger partial charge in [-0.3, -0.25) is 0 Å². The van der Waals surface area contributed by atoms with E-state index in [1.54, 1.807) is 7.11 Å². The molecule has 4 nitrogen and oxygen atoms in total. The zero-order chi connectivity index (χ0) is 14.4. The first-order chi connectivity index (χ1) is 9.74. The zero-order valence-corrected chi connectivity index (χ0v) is 13.0. The molecule has 20 heavy (non-hydrogen) atoms. The third kappa shape index (κ3) is 3.92. The second kappa shape index (κ2) is 7.58. The Labute approximate surface area is 122 Å². The Bertz CT molecular complexity index is 416. The van der Waals surface area contributed by atoms with Crippen LogP contribution >= 0.6 is 0 Å². The van der Waals surface area contributed by atoms with Gasteiger partial charge in [-0.05, 0) is 19.3 Å². The molecule has 1 heterocycles. The zero-order valence-electron chi connectivity index (χ0n) is 13.0. The van der Waals surface area contributed by atoms with Crippen LogP contribution in [0.5, 0.6) is 0 Å². The highest BCUT2D eigenvalue weighted by Gasteiger charge is 2.21. The first-order valence-corrected chi connectivity index (χ1v) is 7.86. The maximum Gasteiger partial charge on any atom is 0.136 e. The molecule has 1 saturated carbocycles. The Balaban J connectivity index is 2.22. The molecule has 2 rings (SSSR count). The van der Waals surface area contributed by atoms with Crippen molar-refractivity contribution >= 4 is 5.82 Å². The number of hydrogen-bond acceptors (Lipinski definition) is 4. The number of methoxy groups -OCH3 is 1. The lowest BCUT2D eigenvalue weighted by atomic mass is 10.0. The molecule has 4 heteroatoms. The third-order valence-electron chi connectivity index (χ3n) is 3.95. The second-order valence-corrected chi connectivity index (χ2v) is 5.80. The van der Waals surface area contributed by atoms with E-state index in [9.17, 15) is 0 Å². The highest BCUT2D eigenvalue weighted by atomic mass is 16.5. The van der Waals surface area contributed by atoms with Gasteiger partial charge >= 0.3 is 0 Å². The summed E-state index contributed by atoms with van der Waals surface area (Å²) >= 11 is 0. The van der Waals surface area contributed by atoms with Crippen molar-refractivity contribution in [3.63, 3.8) is 0 Å². The Hall–Kier alpha value is -1.16. The molecule has 0 amide bonds. The van der Waals surface area contributed by atoms with Gasteiger partial charge in [-0.25, -0.2) is 9.97 Å². The van der Waals surface area contributed by atoms with Crippen molar-refractivity contribution in [2.75, 3.05) is 25.6 Å². The van der Waals surface area contributed by atoms with Gasteiger partial charge in [0, 0.05) is 37.3 Å². The van der Waals surface area contributed by atoms with Gasteiger partial charge in [-0.1, -0.05) is 26.7 Å². The molecule has 112 valence electrons. The second-order valence-electron chi connectivity index (χ2n) is 5.80. The average molecular weight is 277 g/mol. The molecular formula is C16H27N3O. The molecule has 1 aromatic heterocycles. The quantitative estimate of drug-likeness (QED) is 0.825. The standard InChI is InChI=1S/C16H27N3O/c1-4-9-17-15-10-14(13-7-5-6-8-13)18-16(19-15)12(2)11-20-3/h10,12-13H,4-9,11H2,1-3H3,(H,17,18,19). The van der Waals surface area contributed by atoms with E-state index in [-0.39, 0.29) is 5.92 Å². The molecule has 0 aliphatic heterocycles. The Morgan fingerprint density at radius 1 is 1.35 bits per heavy atom. The average Bonchev–Trinajstić information content (AvgIpc) is 2.99. The molecule has 1 fully saturated rings. The van der Waals surface area contributed by atoms with Crippen LogP contribution in [0.4, 0.5) is 5.82 Å². The highest BCUT2D eigenvalue weighted by Crippen LogP contribution is 2.34. The first-order valence-electron chi connectivity index (χ1n) is 7.86. The highest BCUT2D eigenvalue weighted by molar-refractivity contribution is 5.37. The molecule has 0 spiro atoms. The molecule has 0 saturated heterocycles. The fourth-order valence-electron chi connectivity index (χ4n) is 2.80. The van der Waals surface area contributed by atoms with Crippen LogP contribution in [0.15, 0.2) is 6.07 Å².